The van der Waals surface area contributed by atoms with Crippen LogP contribution in [0.2, 0.25) is 0 Å². The number of nitriles is 1. The van der Waals surface area contributed by atoms with Crippen LogP contribution in [0.3, 0.4) is 0 Å². The zero-order chi connectivity index (χ0) is 18.4. The van der Waals surface area contributed by atoms with Gasteiger partial charge in [0.1, 0.15) is 11.6 Å². The molecule has 0 radical (unpaired) electrons. The van der Waals surface area contributed by atoms with Crippen molar-refractivity contribution in [2.75, 3.05) is 12.8 Å². The lowest BCUT2D eigenvalue weighted by molar-refractivity contribution is -0.140. The second-order valence-electron chi connectivity index (χ2n) is 5.91. The van der Waals surface area contributed by atoms with Crippen LogP contribution in [-0.4, -0.2) is 29.5 Å². The van der Waals surface area contributed by atoms with Crippen LogP contribution in [0.4, 0.5) is 0 Å². The summed E-state index contributed by atoms with van der Waals surface area (Å²) >= 11 is 1.65. The van der Waals surface area contributed by atoms with Gasteiger partial charge in [0.05, 0.1) is 0 Å². The third-order valence-corrected chi connectivity index (χ3v) is 4.98. The first-order valence-corrected chi connectivity index (χ1v) is 9.59. The molecule has 0 aliphatic carbocycles. The lowest BCUT2D eigenvalue weighted by Crippen LogP contribution is -2.43. The smallest absolute Gasteiger partial charge is 0.271 e. The number of unbranched alkanes of at least 4 members (excludes halogenated alkanes) is 2. The van der Waals surface area contributed by atoms with Gasteiger partial charge in [0.25, 0.3) is 11.8 Å². The molecule has 1 heterocycles. The van der Waals surface area contributed by atoms with Crippen LogP contribution < -0.4 is 0 Å². The monoisotopic (exact) mass is 354 g/mol. The summed E-state index contributed by atoms with van der Waals surface area (Å²) in [4.78, 5) is 27.6. The molecule has 0 unspecified atom stereocenters. The fourth-order valence-electron chi connectivity index (χ4n) is 2.72. The minimum absolute atomic E-state index is 0.0584. The molecule has 0 saturated carbocycles. The van der Waals surface area contributed by atoms with Gasteiger partial charge in [-0.15, -0.1) is 11.8 Å². The molecular formula is C20H22N2O2S. The highest BCUT2D eigenvalue weighted by Crippen LogP contribution is 2.27. The van der Waals surface area contributed by atoms with Crippen LogP contribution in [0.1, 0.15) is 38.7 Å². The predicted molar refractivity (Wildman–Crippen MR) is 101 cm³/mol. The summed E-state index contributed by atoms with van der Waals surface area (Å²) in [6.45, 7) is 4.08. The predicted octanol–water partition coefficient (Wildman–Crippen LogP) is 4.19. The summed E-state index contributed by atoms with van der Waals surface area (Å²) in [5.41, 5.74) is 1.81. The molecule has 1 aromatic carbocycles. The van der Waals surface area contributed by atoms with Crippen molar-refractivity contribution in [2.45, 2.75) is 38.0 Å². The Kier molecular flexibility index (Phi) is 6.60. The van der Waals surface area contributed by atoms with Gasteiger partial charge in [0.15, 0.2) is 0 Å². The van der Waals surface area contributed by atoms with Gasteiger partial charge in [-0.05, 0) is 48.9 Å². The molecule has 1 aromatic rings. The Morgan fingerprint density at radius 3 is 2.40 bits per heavy atom. The highest BCUT2D eigenvalue weighted by molar-refractivity contribution is 7.98. The van der Waals surface area contributed by atoms with Gasteiger partial charge < -0.3 is 0 Å². The first kappa shape index (κ1) is 19.0. The molecule has 2 amide bonds. The maximum atomic E-state index is 12.8. The molecule has 25 heavy (non-hydrogen) atoms. The molecule has 0 N–H and O–H groups in total. The van der Waals surface area contributed by atoms with E-state index in [9.17, 15) is 14.9 Å². The summed E-state index contributed by atoms with van der Waals surface area (Å²) in [6.07, 6.45) is 6.46. The molecule has 1 aliphatic heterocycles. The fraction of sp³-hybridized carbons (Fsp3) is 0.350. The molecule has 0 atom stereocenters. The second kappa shape index (κ2) is 8.68. The quantitative estimate of drug-likeness (QED) is 0.333. The number of benzene rings is 1. The minimum atomic E-state index is -0.476. The molecule has 0 bridgehead atoms. The van der Waals surface area contributed by atoms with Gasteiger partial charge in [0, 0.05) is 17.0 Å². The van der Waals surface area contributed by atoms with Crippen LogP contribution in [0.15, 0.2) is 45.9 Å². The van der Waals surface area contributed by atoms with Gasteiger partial charge in [-0.25, -0.2) is 0 Å². The number of hydrogen-bond donors (Lipinski definition) is 0. The SMILES string of the molecule is CCCCCN1C(=O)C(C#N)=C(C)/C(=C\c2ccc(SC)cc2)C1=O. The summed E-state index contributed by atoms with van der Waals surface area (Å²) in [6, 6.07) is 9.81. The molecule has 2 rings (SSSR count). The molecule has 0 saturated heterocycles. The Hall–Kier alpha value is -2.32. The van der Waals surface area contributed by atoms with Crippen molar-refractivity contribution in [3.05, 3.63) is 46.5 Å². The Morgan fingerprint density at radius 1 is 1.16 bits per heavy atom. The number of hydrogen-bond acceptors (Lipinski definition) is 4. The Balaban J connectivity index is 2.41. The van der Waals surface area contributed by atoms with Crippen LogP contribution in [-0.2, 0) is 9.59 Å². The van der Waals surface area contributed by atoms with Crippen molar-refractivity contribution < 1.29 is 9.59 Å². The topological polar surface area (TPSA) is 61.2 Å². The molecule has 0 aromatic heterocycles. The van der Waals surface area contributed by atoms with E-state index < -0.39 is 5.91 Å². The van der Waals surface area contributed by atoms with Crippen LogP contribution in [0.5, 0.6) is 0 Å². The van der Waals surface area contributed by atoms with Crippen molar-refractivity contribution in [1.82, 2.24) is 4.90 Å². The van der Waals surface area contributed by atoms with Crippen molar-refractivity contribution in [3.8, 4) is 6.07 Å². The minimum Gasteiger partial charge on any atom is -0.274 e. The molecular weight excluding hydrogens is 332 g/mol. The average molecular weight is 354 g/mol. The van der Waals surface area contributed by atoms with E-state index in [1.54, 1.807) is 24.8 Å². The Morgan fingerprint density at radius 2 is 1.84 bits per heavy atom. The first-order valence-electron chi connectivity index (χ1n) is 8.36. The molecule has 0 spiro atoms. The Labute approximate surface area is 153 Å². The van der Waals surface area contributed by atoms with Gasteiger partial charge in [-0.1, -0.05) is 31.9 Å². The third kappa shape index (κ3) is 4.21. The number of imide groups is 1. The van der Waals surface area contributed by atoms with E-state index in [1.807, 2.05) is 36.6 Å². The lowest BCUT2D eigenvalue weighted by atomic mass is 9.93. The number of carbonyl (C=O) groups excluding carboxylic acids is 2. The summed E-state index contributed by atoms with van der Waals surface area (Å²) < 4.78 is 0. The van der Waals surface area contributed by atoms with Gasteiger partial charge in [-0.3, -0.25) is 14.5 Å². The van der Waals surface area contributed by atoms with Gasteiger partial charge in [0.2, 0.25) is 0 Å². The van der Waals surface area contributed by atoms with Crippen molar-refractivity contribution in [1.29, 1.82) is 5.26 Å². The van der Waals surface area contributed by atoms with Gasteiger partial charge in [-0.2, -0.15) is 5.26 Å². The van der Waals surface area contributed by atoms with Gasteiger partial charge >= 0.3 is 0 Å². The summed E-state index contributed by atoms with van der Waals surface area (Å²) in [7, 11) is 0. The molecule has 4 nitrogen and oxygen atoms in total. The van der Waals surface area contributed by atoms with E-state index in [-0.39, 0.29) is 11.5 Å². The van der Waals surface area contributed by atoms with E-state index in [2.05, 4.69) is 6.92 Å². The maximum Gasteiger partial charge on any atom is 0.271 e. The normalized spacial score (nSPS) is 16.6. The Bertz CT molecular complexity index is 770. The fourth-order valence-corrected chi connectivity index (χ4v) is 3.13. The lowest BCUT2D eigenvalue weighted by Gasteiger charge is -2.27. The van der Waals surface area contributed by atoms with Crippen molar-refractivity contribution in [3.63, 3.8) is 0 Å². The number of thioether (sulfide) groups is 1. The summed E-state index contributed by atoms with van der Waals surface area (Å²) in [5.74, 6) is -0.789. The average Bonchev–Trinajstić information content (AvgIpc) is 2.62. The number of nitrogens with zero attached hydrogens (tertiary/aromatic N) is 2. The van der Waals surface area contributed by atoms with Crippen LogP contribution in [0, 0.1) is 11.3 Å². The zero-order valence-electron chi connectivity index (χ0n) is 14.8. The standard InChI is InChI=1S/C20H22N2O2S/c1-4-5-6-11-22-19(23)17(14(2)18(13-21)20(22)24)12-15-7-9-16(25-3)10-8-15/h7-10,12H,4-6,11H2,1-3H3/b17-12+. The third-order valence-electron chi connectivity index (χ3n) is 4.24. The maximum absolute atomic E-state index is 12.8. The second-order valence-corrected chi connectivity index (χ2v) is 6.79. The first-order chi connectivity index (χ1) is 12.0. The van der Waals surface area contributed by atoms with E-state index in [4.69, 9.17) is 0 Å². The molecule has 0 fully saturated rings. The van der Waals surface area contributed by atoms with E-state index in [0.29, 0.717) is 17.7 Å². The number of rotatable bonds is 6. The number of amides is 2. The van der Waals surface area contributed by atoms with E-state index in [1.165, 1.54) is 4.90 Å². The molecule has 1 aliphatic rings. The summed E-state index contributed by atoms with van der Waals surface area (Å²) in [5, 5.41) is 9.36. The van der Waals surface area contributed by atoms with E-state index in [0.717, 1.165) is 29.7 Å². The highest BCUT2D eigenvalue weighted by Gasteiger charge is 2.34. The largest absolute Gasteiger partial charge is 0.274 e. The van der Waals surface area contributed by atoms with E-state index >= 15 is 0 Å². The van der Waals surface area contributed by atoms with Crippen molar-refractivity contribution in [2.24, 2.45) is 0 Å². The van der Waals surface area contributed by atoms with Crippen molar-refractivity contribution >= 4 is 29.7 Å². The highest BCUT2D eigenvalue weighted by atomic mass is 32.2. The number of carbonyl (C=O) groups is 2. The van der Waals surface area contributed by atoms with Crippen LogP contribution >= 0.6 is 11.8 Å². The molecule has 130 valence electrons. The zero-order valence-corrected chi connectivity index (χ0v) is 15.7. The van der Waals surface area contributed by atoms with Crippen LogP contribution in [0.25, 0.3) is 6.08 Å². The molecule has 5 heteroatoms.